The number of halogens is 1. The van der Waals surface area contributed by atoms with E-state index >= 15 is 0 Å². The maximum absolute atomic E-state index is 11.9. The predicted octanol–water partition coefficient (Wildman–Crippen LogP) is 3.78. The molecule has 0 aliphatic carbocycles. The molecule has 0 unspecified atom stereocenters. The summed E-state index contributed by atoms with van der Waals surface area (Å²) in [5, 5.41) is 6.36. The Hall–Kier alpha value is -1.65. The summed E-state index contributed by atoms with van der Waals surface area (Å²) in [5.74, 6) is -0.204. The topological polar surface area (TPSA) is 41.5 Å². The van der Waals surface area contributed by atoms with Gasteiger partial charge in [-0.1, -0.05) is 29.8 Å². The molecule has 19 heavy (non-hydrogen) atoms. The number of carbonyl (C=O) groups is 1. The highest BCUT2D eigenvalue weighted by Gasteiger charge is 2.11. The second-order valence-electron chi connectivity index (χ2n) is 4.05. The van der Waals surface area contributed by atoms with Crippen molar-refractivity contribution in [2.45, 2.75) is 13.8 Å². The molecule has 2 rings (SSSR count). The van der Waals surface area contributed by atoms with Crippen molar-refractivity contribution in [1.82, 2.24) is 5.43 Å². The first kappa shape index (κ1) is 13.8. The van der Waals surface area contributed by atoms with E-state index in [1.54, 1.807) is 17.4 Å². The van der Waals surface area contributed by atoms with Gasteiger partial charge in [0, 0.05) is 20.8 Å². The van der Waals surface area contributed by atoms with Crippen LogP contribution in [0, 0.1) is 13.8 Å². The minimum absolute atomic E-state index is 0.204. The van der Waals surface area contributed by atoms with E-state index in [-0.39, 0.29) is 5.91 Å². The molecule has 2 aromatic rings. The molecule has 98 valence electrons. The van der Waals surface area contributed by atoms with Gasteiger partial charge >= 0.3 is 0 Å². The molecule has 0 radical (unpaired) electrons. The van der Waals surface area contributed by atoms with E-state index in [9.17, 15) is 4.79 Å². The third-order valence-corrected chi connectivity index (χ3v) is 4.16. The summed E-state index contributed by atoms with van der Waals surface area (Å²) in [6.45, 7) is 3.92. The van der Waals surface area contributed by atoms with Crippen LogP contribution in [-0.4, -0.2) is 12.1 Å². The fourth-order valence-corrected chi connectivity index (χ4v) is 2.59. The highest BCUT2D eigenvalue weighted by molar-refractivity contribution is 7.10. The van der Waals surface area contributed by atoms with Crippen LogP contribution in [0.2, 0.25) is 5.02 Å². The summed E-state index contributed by atoms with van der Waals surface area (Å²) in [7, 11) is 0. The van der Waals surface area contributed by atoms with Crippen LogP contribution in [0.3, 0.4) is 0 Å². The van der Waals surface area contributed by atoms with E-state index in [2.05, 4.69) is 10.5 Å². The van der Waals surface area contributed by atoms with Crippen LogP contribution in [0.4, 0.5) is 0 Å². The van der Waals surface area contributed by atoms with E-state index in [1.807, 2.05) is 37.4 Å². The Balaban J connectivity index is 2.05. The zero-order valence-corrected chi connectivity index (χ0v) is 12.2. The number of thiophene rings is 1. The van der Waals surface area contributed by atoms with Crippen LogP contribution in [0.5, 0.6) is 0 Å². The second kappa shape index (κ2) is 5.99. The Morgan fingerprint density at radius 2 is 2.11 bits per heavy atom. The first-order valence-electron chi connectivity index (χ1n) is 5.72. The standard InChI is InChI=1S/C14H13ClN2OS/c1-9-10(2)19-8-12(9)14(18)17-16-7-11-5-3-4-6-13(11)15/h3-8H,1-2H3,(H,17,18)/b16-7+. The Morgan fingerprint density at radius 1 is 1.37 bits per heavy atom. The zero-order valence-electron chi connectivity index (χ0n) is 10.6. The van der Waals surface area contributed by atoms with Crippen LogP contribution >= 0.6 is 22.9 Å². The van der Waals surface area contributed by atoms with Gasteiger partial charge in [0.25, 0.3) is 5.91 Å². The number of hydrogen-bond donors (Lipinski definition) is 1. The average Bonchev–Trinajstić information content (AvgIpc) is 2.72. The molecular weight excluding hydrogens is 280 g/mol. The van der Waals surface area contributed by atoms with Gasteiger partial charge in [0.1, 0.15) is 0 Å². The number of benzene rings is 1. The van der Waals surface area contributed by atoms with Gasteiger partial charge in [-0.25, -0.2) is 5.43 Å². The lowest BCUT2D eigenvalue weighted by Crippen LogP contribution is -2.17. The number of hydrazone groups is 1. The van der Waals surface area contributed by atoms with Crippen molar-refractivity contribution in [2.75, 3.05) is 0 Å². The summed E-state index contributed by atoms with van der Waals surface area (Å²) in [6, 6.07) is 7.31. The van der Waals surface area contributed by atoms with Crippen molar-refractivity contribution in [2.24, 2.45) is 5.10 Å². The van der Waals surface area contributed by atoms with Gasteiger partial charge in [-0.15, -0.1) is 11.3 Å². The Kier molecular flexibility index (Phi) is 4.35. The van der Waals surface area contributed by atoms with E-state index in [0.29, 0.717) is 10.6 Å². The summed E-state index contributed by atoms with van der Waals surface area (Å²) in [6.07, 6.45) is 1.54. The lowest BCUT2D eigenvalue weighted by Gasteiger charge is -2.00. The predicted molar refractivity (Wildman–Crippen MR) is 80.3 cm³/mol. The number of rotatable bonds is 3. The van der Waals surface area contributed by atoms with Gasteiger partial charge in [-0.2, -0.15) is 5.10 Å². The van der Waals surface area contributed by atoms with Crippen molar-refractivity contribution >= 4 is 35.1 Å². The Bertz CT molecular complexity index is 634. The first-order valence-corrected chi connectivity index (χ1v) is 6.98. The van der Waals surface area contributed by atoms with Gasteiger partial charge in [0.2, 0.25) is 0 Å². The summed E-state index contributed by atoms with van der Waals surface area (Å²) < 4.78 is 0. The van der Waals surface area contributed by atoms with Crippen molar-refractivity contribution in [3.63, 3.8) is 0 Å². The van der Waals surface area contributed by atoms with Crippen molar-refractivity contribution in [1.29, 1.82) is 0 Å². The molecule has 0 saturated carbocycles. The summed E-state index contributed by atoms with van der Waals surface area (Å²) in [5.41, 5.74) is 4.94. The summed E-state index contributed by atoms with van der Waals surface area (Å²) in [4.78, 5) is 13.0. The summed E-state index contributed by atoms with van der Waals surface area (Å²) >= 11 is 7.54. The lowest BCUT2D eigenvalue weighted by atomic mass is 10.2. The SMILES string of the molecule is Cc1scc(C(=O)N/N=C/c2ccccc2Cl)c1C. The molecule has 5 heteroatoms. The smallest absolute Gasteiger partial charge is 0.267 e. The molecule has 1 amide bonds. The highest BCUT2D eigenvalue weighted by atomic mass is 35.5. The number of aryl methyl sites for hydroxylation is 1. The first-order chi connectivity index (χ1) is 9.09. The largest absolute Gasteiger partial charge is 0.272 e. The van der Waals surface area contributed by atoms with Crippen LogP contribution in [0.15, 0.2) is 34.7 Å². The molecule has 1 aromatic heterocycles. The molecule has 0 aliphatic heterocycles. The molecular formula is C14H13ClN2OS. The molecule has 0 bridgehead atoms. The van der Waals surface area contributed by atoms with Gasteiger partial charge in [0.05, 0.1) is 11.8 Å². The fourth-order valence-electron chi connectivity index (χ4n) is 1.54. The minimum Gasteiger partial charge on any atom is -0.267 e. The molecule has 1 heterocycles. The molecule has 0 saturated heterocycles. The quantitative estimate of drug-likeness (QED) is 0.679. The third-order valence-electron chi connectivity index (χ3n) is 2.81. The van der Waals surface area contributed by atoms with Crippen LogP contribution in [0.25, 0.3) is 0 Å². The third kappa shape index (κ3) is 3.22. The average molecular weight is 293 g/mol. The second-order valence-corrected chi connectivity index (χ2v) is 5.54. The molecule has 3 nitrogen and oxygen atoms in total. The van der Waals surface area contributed by atoms with Crippen LogP contribution in [0.1, 0.15) is 26.4 Å². The van der Waals surface area contributed by atoms with Gasteiger partial charge in [-0.3, -0.25) is 4.79 Å². The zero-order chi connectivity index (χ0) is 13.8. The van der Waals surface area contributed by atoms with Crippen LogP contribution in [-0.2, 0) is 0 Å². The van der Waals surface area contributed by atoms with E-state index < -0.39 is 0 Å². The van der Waals surface area contributed by atoms with Crippen molar-refractivity contribution in [3.05, 3.63) is 56.2 Å². The lowest BCUT2D eigenvalue weighted by molar-refractivity contribution is 0.0955. The minimum atomic E-state index is -0.204. The van der Waals surface area contributed by atoms with Gasteiger partial charge < -0.3 is 0 Å². The van der Waals surface area contributed by atoms with Crippen molar-refractivity contribution in [3.8, 4) is 0 Å². The monoisotopic (exact) mass is 292 g/mol. The molecule has 0 atom stereocenters. The molecule has 0 fully saturated rings. The highest BCUT2D eigenvalue weighted by Crippen LogP contribution is 2.20. The van der Waals surface area contributed by atoms with Gasteiger partial charge in [0.15, 0.2) is 0 Å². The Labute approximate surface area is 120 Å². The number of amides is 1. The normalized spacial score (nSPS) is 10.9. The fraction of sp³-hybridized carbons (Fsp3) is 0.143. The number of nitrogens with zero attached hydrogens (tertiary/aromatic N) is 1. The maximum Gasteiger partial charge on any atom is 0.272 e. The van der Waals surface area contributed by atoms with E-state index in [1.165, 1.54) is 6.21 Å². The molecule has 0 aliphatic rings. The molecule has 1 N–H and O–H groups in total. The van der Waals surface area contributed by atoms with Gasteiger partial charge in [-0.05, 0) is 25.5 Å². The number of nitrogens with one attached hydrogen (secondary N) is 1. The van der Waals surface area contributed by atoms with Crippen molar-refractivity contribution < 1.29 is 4.79 Å². The Morgan fingerprint density at radius 3 is 2.74 bits per heavy atom. The maximum atomic E-state index is 11.9. The molecule has 0 spiro atoms. The number of carbonyl (C=O) groups excluding carboxylic acids is 1. The molecule has 1 aromatic carbocycles. The van der Waals surface area contributed by atoms with Crippen LogP contribution < -0.4 is 5.43 Å². The van der Waals surface area contributed by atoms with E-state index in [0.717, 1.165) is 16.0 Å². The van der Waals surface area contributed by atoms with E-state index in [4.69, 9.17) is 11.6 Å². The number of hydrogen-bond acceptors (Lipinski definition) is 3.